The van der Waals surface area contributed by atoms with E-state index < -0.39 is 0 Å². The first-order valence-electron chi connectivity index (χ1n) is 4.82. The summed E-state index contributed by atoms with van der Waals surface area (Å²) in [5, 5.41) is 1.34. The Balaban J connectivity index is 0.000000217. The molecule has 2 heteroatoms. The van der Waals surface area contributed by atoms with Crippen LogP contribution >= 0.6 is 0 Å². The van der Waals surface area contributed by atoms with Crippen LogP contribution in [-0.2, 0) is 0 Å². The van der Waals surface area contributed by atoms with Gasteiger partial charge in [0.05, 0.1) is 0 Å². The maximum atomic E-state index is 2.21. The van der Waals surface area contributed by atoms with Gasteiger partial charge in [-0.15, -0.1) is 0 Å². The third kappa shape index (κ3) is 8.51. The molecule has 0 saturated carbocycles. The average Bonchev–Trinajstić information content (AvgIpc) is 2.08. The molecule has 0 aromatic heterocycles. The molecule has 12 heavy (non-hydrogen) atoms. The van der Waals surface area contributed by atoms with Crippen molar-refractivity contribution < 1.29 is 0 Å². The van der Waals surface area contributed by atoms with Gasteiger partial charge in [-0.3, -0.25) is 0 Å². The minimum atomic E-state index is 1.32. The average molecular weight is 148 g/mol. The molecule has 0 heterocycles. The van der Waals surface area contributed by atoms with E-state index >= 15 is 0 Å². The monoisotopic (exact) mass is 148 g/mol. The summed E-state index contributed by atoms with van der Waals surface area (Å²) in [6.07, 6.45) is 2.73. The molecule has 0 fully saturated rings. The fourth-order valence-corrected chi connectivity index (χ4v) is 0.888. The van der Waals surface area contributed by atoms with Gasteiger partial charge < -0.3 is 0 Å². The molecule has 0 saturated heterocycles. The van der Waals surface area contributed by atoms with E-state index in [0.717, 1.165) is 0 Å². The predicted octanol–water partition coefficient (Wildman–Crippen LogP) is 1.85. The molecule has 0 atom stereocenters. The van der Waals surface area contributed by atoms with Crippen molar-refractivity contribution in [1.82, 2.24) is 0 Å². The van der Waals surface area contributed by atoms with Crippen molar-refractivity contribution >= 4 is 39.7 Å². The summed E-state index contributed by atoms with van der Waals surface area (Å²) in [6, 6.07) is 10.3. The summed E-state index contributed by atoms with van der Waals surface area (Å²) in [5.41, 5.74) is 0. The molecular weight excluding hydrogens is 134 g/mol. The van der Waals surface area contributed by atoms with Crippen LogP contribution in [0.3, 0.4) is 0 Å². The van der Waals surface area contributed by atoms with E-state index in [1.54, 1.807) is 0 Å². The number of rotatable bonds is 2. The second-order valence-electron chi connectivity index (χ2n) is 3.01. The van der Waals surface area contributed by atoms with E-state index in [0.29, 0.717) is 0 Å². The molecule has 1 rings (SSSR count). The van der Waals surface area contributed by atoms with Gasteiger partial charge in [0.2, 0.25) is 0 Å². The summed E-state index contributed by atoms with van der Waals surface area (Å²) >= 11 is 4.30. The Morgan fingerprint density at radius 2 is 1.75 bits per heavy atom. The Morgan fingerprint density at radius 3 is 1.92 bits per heavy atom. The van der Waals surface area contributed by atoms with Gasteiger partial charge in [0, 0.05) is 0 Å². The fraction of sp³-hybridized carbons (Fsp3) is 0.400. The van der Waals surface area contributed by atoms with E-state index in [2.05, 4.69) is 54.5 Å². The van der Waals surface area contributed by atoms with Crippen molar-refractivity contribution in [3.05, 3.63) is 30.3 Å². The molecule has 0 aliphatic carbocycles. The molecule has 0 unspecified atom stereocenters. The van der Waals surface area contributed by atoms with Crippen molar-refractivity contribution in [1.29, 1.82) is 0 Å². The molecule has 0 bridgehead atoms. The van der Waals surface area contributed by atoms with Gasteiger partial charge in [0.1, 0.15) is 0 Å². The van der Waals surface area contributed by atoms with Crippen LogP contribution < -0.4 is 4.24 Å². The van der Waals surface area contributed by atoms with Gasteiger partial charge in [-0.25, -0.2) is 0 Å². The Morgan fingerprint density at radius 1 is 1.17 bits per heavy atom. The summed E-state index contributed by atoms with van der Waals surface area (Å²) in [4.78, 5) is 0. The third-order valence-electron chi connectivity index (χ3n) is 1.65. The van der Waals surface area contributed by atoms with Crippen molar-refractivity contribution in [3.63, 3.8) is 0 Å². The first kappa shape index (κ1) is 12.4. The van der Waals surface area contributed by atoms with Crippen molar-refractivity contribution in [2.75, 3.05) is 0 Å². The second kappa shape index (κ2) is 9.50. The number of benzene rings is 1. The molecule has 1 aromatic rings. The Kier molecular flexibility index (Phi) is 9.83. The van der Waals surface area contributed by atoms with Crippen LogP contribution in [0.4, 0.5) is 0 Å². The van der Waals surface area contributed by atoms with E-state index in [4.69, 9.17) is 0 Å². The predicted molar refractivity (Wildman–Crippen MR) is 57.3 cm³/mol. The van der Waals surface area contributed by atoms with E-state index in [1.165, 1.54) is 22.2 Å². The Bertz CT molecular complexity index is 170. The van der Waals surface area contributed by atoms with Crippen LogP contribution in [-0.4, -0.2) is 35.4 Å². The summed E-state index contributed by atoms with van der Waals surface area (Å²) in [5.74, 6) is 0. The van der Waals surface area contributed by atoms with Crippen molar-refractivity contribution in [2.24, 2.45) is 0 Å². The first-order valence-corrected chi connectivity index (χ1v) is 4.82. The maximum absolute atomic E-state index is 2.21. The normalized spacial score (nSPS) is 8.75. The van der Waals surface area contributed by atoms with Crippen LogP contribution in [0.25, 0.3) is 0 Å². The molecule has 0 radical (unpaired) electrons. The molecule has 0 amide bonds. The molecule has 0 N–H and O–H groups in total. The fourth-order valence-electron chi connectivity index (χ4n) is 0.888. The zero-order valence-corrected chi connectivity index (χ0v) is 8.51. The van der Waals surface area contributed by atoms with Crippen LogP contribution in [0.15, 0.2) is 30.3 Å². The second-order valence-corrected chi connectivity index (χ2v) is 3.01. The van der Waals surface area contributed by atoms with Gasteiger partial charge in [0.15, 0.2) is 0 Å². The SMILES string of the molecule is [Li][CH2]CCC.[Li][c]1ccccc1. The zero-order chi connectivity index (χ0) is 9.23. The minimum absolute atomic E-state index is 1.32. The standard InChI is InChI=1S/C6H5.C4H9.2Li/c1-2-4-6-5-3-1;1-3-4-2;;/h1-5H;1,3-4H2,2H3;;. The summed E-state index contributed by atoms with van der Waals surface area (Å²) in [7, 11) is 0. The summed E-state index contributed by atoms with van der Waals surface area (Å²) < 4.78 is 1.32. The van der Waals surface area contributed by atoms with Gasteiger partial charge >= 0.3 is 94.9 Å². The van der Waals surface area contributed by atoms with Gasteiger partial charge in [0.25, 0.3) is 0 Å². The van der Waals surface area contributed by atoms with Gasteiger partial charge in [-0.1, -0.05) is 0 Å². The number of unbranched alkanes of at least 4 members (excludes halogenated alkanes) is 1. The van der Waals surface area contributed by atoms with Crippen LogP contribution in [0.2, 0.25) is 5.09 Å². The molecular formula is C10H14Li2. The molecule has 56 valence electrons. The molecule has 0 aliphatic heterocycles. The van der Waals surface area contributed by atoms with Gasteiger partial charge in [-0.05, 0) is 0 Å². The van der Waals surface area contributed by atoms with E-state index in [-0.39, 0.29) is 0 Å². The third-order valence-corrected chi connectivity index (χ3v) is 1.65. The van der Waals surface area contributed by atoms with Crippen LogP contribution in [0.5, 0.6) is 0 Å². The quantitative estimate of drug-likeness (QED) is 0.561. The van der Waals surface area contributed by atoms with Crippen molar-refractivity contribution in [3.8, 4) is 0 Å². The van der Waals surface area contributed by atoms with Crippen LogP contribution in [0.1, 0.15) is 19.8 Å². The Labute approximate surface area is 94.5 Å². The molecule has 0 nitrogen and oxygen atoms in total. The van der Waals surface area contributed by atoms with E-state index in [1.807, 2.05) is 18.2 Å². The molecule has 0 spiro atoms. The van der Waals surface area contributed by atoms with E-state index in [9.17, 15) is 0 Å². The van der Waals surface area contributed by atoms with Crippen molar-refractivity contribution in [2.45, 2.75) is 24.9 Å². The zero-order valence-electron chi connectivity index (χ0n) is 8.51. The molecule has 1 aromatic carbocycles. The number of hydrogen-bond acceptors (Lipinski definition) is 0. The first-order chi connectivity index (χ1) is 5.81. The van der Waals surface area contributed by atoms with Gasteiger partial charge in [-0.2, -0.15) is 0 Å². The molecule has 0 aliphatic rings. The van der Waals surface area contributed by atoms with Crippen LogP contribution in [0, 0.1) is 0 Å². The topological polar surface area (TPSA) is 0 Å². The number of hydrogen-bond donors (Lipinski definition) is 0. The summed E-state index contributed by atoms with van der Waals surface area (Å²) in [6.45, 7) is 2.21. The Hall–Kier alpha value is 0.415.